The molecule has 0 unspecified atom stereocenters. The quantitative estimate of drug-likeness (QED) is 0.684. The highest BCUT2D eigenvalue weighted by Gasteiger charge is 2.25. The molecule has 2 heterocycles. The summed E-state index contributed by atoms with van der Waals surface area (Å²) in [6.45, 7) is 1.65. The number of rotatable bonds is 4. The predicted octanol–water partition coefficient (Wildman–Crippen LogP) is 4.72. The fourth-order valence-electron chi connectivity index (χ4n) is 3.84. The van der Waals surface area contributed by atoms with Crippen LogP contribution in [0.1, 0.15) is 24.0 Å². The van der Waals surface area contributed by atoms with Crippen molar-refractivity contribution in [3.8, 4) is 0 Å². The Hall–Kier alpha value is -2.33. The molecule has 4 rings (SSSR count). The molecular formula is C21H20F2N2. The van der Waals surface area contributed by atoms with Gasteiger partial charge in [-0.05, 0) is 67.3 Å². The Morgan fingerprint density at radius 2 is 1.96 bits per heavy atom. The lowest BCUT2D eigenvalue weighted by Gasteiger charge is -2.25. The summed E-state index contributed by atoms with van der Waals surface area (Å²) in [6.07, 6.45) is 4.76. The van der Waals surface area contributed by atoms with E-state index in [4.69, 9.17) is 0 Å². The highest BCUT2D eigenvalue weighted by molar-refractivity contribution is 5.81. The first-order valence-electron chi connectivity index (χ1n) is 8.71. The van der Waals surface area contributed by atoms with E-state index in [9.17, 15) is 8.78 Å². The van der Waals surface area contributed by atoms with Crippen LogP contribution in [-0.2, 0) is 13.0 Å². The lowest BCUT2D eigenvalue weighted by molar-refractivity contribution is 0.244. The van der Waals surface area contributed by atoms with E-state index in [0.29, 0.717) is 12.6 Å². The van der Waals surface area contributed by atoms with E-state index in [2.05, 4.69) is 9.88 Å². The molecule has 4 heteroatoms. The molecule has 128 valence electrons. The fourth-order valence-corrected chi connectivity index (χ4v) is 3.84. The van der Waals surface area contributed by atoms with Crippen LogP contribution in [0.5, 0.6) is 0 Å². The molecule has 3 aromatic rings. The van der Waals surface area contributed by atoms with E-state index < -0.39 is 0 Å². The highest BCUT2D eigenvalue weighted by atomic mass is 19.1. The van der Waals surface area contributed by atoms with Gasteiger partial charge in [-0.3, -0.25) is 9.88 Å². The smallest absolute Gasteiger partial charge is 0.124 e. The van der Waals surface area contributed by atoms with E-state index in [-0.39, 0.29) is 11.6 Å². The first-order chi connectivity index (χ1) is 12.2. The van der Waals surface area contributed by atoms with Gasteiger partial charge in [-0.25, -0.2) is 8.78 Å². The van der Waals surface area contributed by atoms with Gasteiger partial charge in [0.25, 0.3) is 0 Å². The van der Waals surface area contributed by atoms with Crippen molar-refractivity contribution in [3.63, 3.8) is 0 Å². The summed E-state index contributed by atoms with van der Waals surface area (Å²) < 4.78 is 27.4. The van der Waals surface area contributed by atoms with Gasteiger partial charge >= 0.3 is 0 Å². The minimum absolute atomic E-state index is 0.192. The predicted molar refractivity (Wildman–Crippen MR) is 95.2 cm³/mol. The van der Waals surface area contributed by atoms with Gasteiger partial charge in [-0.15, -0.1) is 0 Å². The van der Waals surface area contributed by atoms with Gasteiger partial charge in [0.2, 0.25) is 0 Å². The molecule has 25 heavy (non-hydrogen) atoms. The van der Waals surface area contributed by atoms with Gasteiger partial charge in [-0.1, -0.05) is 18.2 Å². The Kier molecular flexibility index (Phi) is 4.45. The van der Waals surface area contributed by atoms with E-state index in [1.54, 1.807) is 24.4 Å². The van der Waals surface area contributed by atoms with E-state index in [1.165, 1.54) is 12.1 Å². The number of benzene rings is 2. The molecule has 1 saturated heterocycles. The summed E-state index contributed by atoms with van der Waals surface area (Å²) in [4.78, 5) is 6.81. The minimum atomic E-state index is -0.226. The van der Waals surface area contributed by atoms with Gasteiger partial charge < -0.3 is 0 Å². The topological polar surface area (TPSA) is 16.1 Å². The second-order valence-electron chi connectivity index (χ2n) is 6.74. The molecule has 1 aliphatic rings. The molecule has 1 aromatic heterocycles. The maximum atomic E-state index is 14.0. The second-order valence-corrected chi connectivity index (χ2v) is 6.74. The molecule has 0 spiro atoms. The summed E-state index contributed by atoms with van der Waals surface area (Å²) in [5.74, 6) is -0.418. The van der Waals surface area contributed by atoms with Crippen LogP contribution in [-0.4, -0.2) is 22.5 Å². The number of likely N-dealkylation sites (tertiary alicyclic amines) is 1. The van der Waals surface area contributed by atoms with Crippen molar-refractivity contribution in [2.75, 3.05) is 6.54 Å². The van der Waals surface area contributed by atoms with Crippen LogP contribution in [0.25, 0.3) is 10.9 Å². The average Bonchev–Trinajstić information content (AvgIpc) is 3.01. The highest BCUT2D eigenvalue weighted by Crippen LogP contribution is 2.26. The van der Waals surface area contributed by atoms with Crippen LogP contribution in [0, 0.1) is 11.6 Å². The number of aromatic nitrogens is 1. The van der Waals surface area contributed by atoms with Gasteiger partial charge in [-0.2, -0.15) is 0 Å². The third kappa shape index (κ3) is 3.54. The summed E-state index contributed by atoms with van der Waals surface area (Å²) >= 11 is 0. The molecule has 2 nitrogen and oxygen atoms in total. The Morgan fingerprint density at radius 3 is 2.84 bits per heavy atom. The third-order valence-corrected chi connectivity index (χ3v) is 4.98. The maximum absolute atomic E-state index is 14.0. The van der Waals surface area contributed by atoms with Crippen molar-refractivity contribution in [2.24, 2.45) is 0 Å². The average molecular weight is 338 g/mol. The van der Waals surface area contributed by atoms with Crippen molar-refractivity contribution >= 4 is 10.9 Å². The Labute approximate surface area is 146 Å². The number of fused-ring (bicyclic) bond motifs is 1. The maximum Gasteiger partial charge on any atom is 0.124 e. The van der Waals surface area contributed by atoms with Gasteiger partial charge in [0.1, 0.15) is 11.6 Å². The van der Waals surface area contributed by atoms with Gasteiger partial charge in [0, 0.05) is 24.2 Å². The van der Waals surface area contributed by atoms with Crippen molar-refractivity contribution in [1.82, 2.24) is 9.88 Å². The van der Waals surface area contributed by atoms with Crippen molar-refractivity contribution < 1.29 is 8.78 Å². The molecule has 1 fully saturated rings. The van der Waals surface area contributed by atoms with Crippen LogP contribution in [0.2, 0.25) is 0 Å². The summed E-state index contributed by atoms with van der Waals surface area (Å²) in [5, 5.41) is 0.832. The Bertz CT molecular complexity index is 894. The van der Waals surface area contributed by atoms with Crippen molar-refractivity contribution in [3.05, 3.63) is 77.5 Å². The molecule has 0 N–H and O–H groups in total. The monoisotopic (exact) mass is 338 g/mol. The standard InChI is InChI=1S/C21H20F2N2/c22-18-6-1-4-15(10-18)11-20-7-3-9-25(20)14-17-13-19(23)12-16-5-2-8-24-21(16)17/h1-2,4-6,8,10,12-13,20H,3,7,9,11,14H2/t20-/m0/s1. The molecule has 0 saturated carbocycles. The Balaban J connectivity index is 1.57. The summed E-state index contributed by atoms with van der Waals surface area (Å²) in [7, 11) is 0. The number of halogens is 2. The van der Waals surface area contributed by atoms with Crippen LogP contribution >= 0.6 is 0 Å². The van der Waals surface area contributed by atoms with Crippen LogP contribution < -0.4 is 0 Å². The lowest BCUT2D eigenvalue weighted by atomic mass is 10.0. The van der Waals surface area contributed by atoms with Crippen molar-refractivity contribution in [2.45, 2.75) is 31.8 Å². The molecular weight excluding hydrogens is 318 g/mol. The largest absolute Gasteiger partial charge is 0.296 e. The van der Waals surface area contributed by atoms with E-state index in [0.717, 1.165) is 47.8 Å². The van der Waals surface area contributed by atoms with Crippen molar-refractivity contribution in [1.29, 1.82) is 0 Å². The molecule has 2 aromatic carbocycles. The summed E-state index contributed by atoms with van der Waals surface area (Å²) in [6, 6.07) is 14.0. The zero-order valence-corrected chi connectivity index (χ0v) is 14.0. The number of nitrogens with zero attached hydrogens (tertiary/aromatic N) is 2. The SMILES string of the molecule is Fc1cccc(C[C@@H]2CCCN2Cc2cc(F)cc3cccnc23)c1. The first kappa shape index (κ1) is 16.2. The Morgan fingerprint density at radius 1 is 1.04 bits per heavy atom. The molecule has 1 aliphatic heterocycles. The van der Waals surface area contributed by atoms with E-state index >= 15 is 0 Å². The number of hydrogen-bond acceptors (Lipinski definition) is 2. The van der Waals surface area contributed by atoms with Gasteiger partial charge in [0.15, 0.2) is 0 Å². The van der Waals surface area contributed by atoms with Crippen LogP contribution in [0.3, 0.4) is 0 Å². The number of pyridine rings is 1. The molecule has 1 atom stereocenters. The molecule has 0 aliphatic carbocycles. The normalized spacial score (nSPS) is 18.1. The zero-order chi connectivity index (χ0) is 17.2. The minimum Gasteiger partial charge on any atom is -0.296 e. The fraction of sp³-hybridized carbons (Fsp3) is 0.286. The first-order valence-corrected chi connectivity index (χ1v) is 8.71. The third-order valence-electron chi connectivity index (χ3n) is 4.98. The van der Waals surface area contributed by atoms with Crippen LogP contribution in [0.4, 0.5) is 8.78 Å². The van der Waals surface area contributed by atoms with E-state index in [1.807, 2.05) is 18.2 Å². The van der Waals surface area contributed by atoms with Gasteiger partial charge in [0.05, 0.1) is 5.52 Å². The molecule has 0 amide bonds. The lowest BCUT2D eigenvalue weighted by Crippen LogP contribution is -2.30. The van der Waals surface area contributed by atoms with Crippen LogP contribution in [0.15, 0.2) is 54.7 Å². The second kappa shape index (κ2) is 6.89. The molecule has 0 radical (unpaired) electrons. The zero-order valence-electron chi connectivity index (χ0n) is 14.0. The summed E-state index contributed by atoms with van der Waals surface area (Å²) in [5.41, 5.74) is 2.79. The number of hydrogen-bond donors (Lipinski definition) is 0. The molecule has 0 bridgehead atoms.